The van der Waals surface area contributed by atoms with Gasteiger partial charge in [-0.3, -0.25) is 0 Å². The van der Waals surface area contributed by atoms with Crippen LogP contribution < -0.4 is 4.74 Å². The number of halogens is 1. The summed E-state index contributed by atoms with van der Waals surface area (Å²) >= 11 is 0. The maximum Gasteiger partial charge on any atom is 0.165 e. The molecule has 0 saturated carbocycles. The number of aliphatic hydroxyl groups excluding tert-OH is 1. The van der Waals surface area contributed by atoms with E-state index in [0.717, 1.165) is 11.1 Å². The summed E-state index contributed by atoms with van der Waals surface area (Å²) in [7, 11) is 1.43. The van der Waals surface area contributed by atoms with E-state index >= 15 is 0 Å². The highest BCUT2D eigenvalue weighted by Gasteiger charge is 2.10. The van der Waals surface area contributed by atoms with Gasteiger partial charge in [0.05, 0.1) is 7.11 Å². The van der Waals surface area contributed by atoms with Gasteiger partial charge in [-0.1, -0.05) is 6.07 Å². The van der Waals surface area contributed by atoms with Gasteiger partial charge in [-0.15, -0.1) is 0 Å². The Morgan fingerprint density at radius 2 is 2.15 bits per heavy atom. The molecule has 0 atom stereocenters. The van der Waals surface area contributed by atoms with Gasteiger partial charge in [0.1, 0.15) is 0 Å². The Morgan fingerprint density at radius 3 is 2.69 bits per heavy atom. The molecule has 1 rings (SSSR count). The van der Waals surface area contributed by atoms with E-state index in [1.807, 2.05) is 6.92 Å². The second kappa shape index (κ2) is 4.23. The molecule has 0 bridgehead atoms. The van der Waals surface area contributed by atoms with Crippen LogP contribution in [0.5, 0.6) is 5.75 Å². The topological polar surface area (TPSA) is 29.5 Å². The molecule has 0 saturated heterocycles. The Kier molecular flexibility index (Phi) is 3.25. The summed E-state index contributed by atoms with van der Waals surface area (Å²) in [5.74, 6) is -0.134. The molecule has 0 aliphatic heterocycles. The lowest BCUT2D eigenvalue weighted by atomic mass is 10.0. The van der Waals surface area contributed by atoms with Crippen molar-refractivity contribution in [2.24, 2.45) is 0 Å². The zero-order valence-electron chi connectivity index (χ0n) is 7.80. The lowest BCUT2D eigenvalue weighted by molar-refractivity contribution is 0.295. The molecule has 2 nitrogen and oxygen atoms in total. The molecule has 0 spiro atoms. The number of methoxy groups -OCH3 is 1. The molecule has 0 aromatic heterocycles. The third kappa shape index (κ3) is 1.98. The summed E-state index contributed by atoms with van der Waals surface area (Å²) in [5.41, 5.74) is 1.68. The molecule has 0 amide bonds. The molecule has 0 heterocycles. The summed E-state index contributed by atoms with van der Waals surface area (Å²) in [6.07, 6.45) is 0.423. The standard InChI is InChI=1S/C10H13FO2/c1-7-3-4-9(11)10(13-2)8(7)5-6-12/h3-4,12H,5-6H2,1-2H3. The summed E-state index contributed by atoms with van der Waals surface area (Å²) in [5, 5.41) is 8.78. The van der Waals surface area contributed by atoms with Crippen molar-refractivity contribution >= 4 is 0 Å². The molecule has 1 aromatic rings. The van der Waals surface area contributed by atoms with Crippen LogP contribution in [-0.4, -0.2) is 18.8 Å². The van der Waals surface area contributed by atoms with Gasteiger partial charge in [0.15, 0.2) is 11.6 Å². The van der Waals surface area contributed by atoms with Crippen molar-refractivity contribution in [1.29, 1.82) is 0 Å². The van der Waals surface area contributed by atoms with Crippen LogP contribution in [0.1, 0.15) is 11.1 Å². The van der Waals surface area contributed by atoms with Crippen molar-refractivity contribution in [1.82, 2.24) is 0 Å². The van der Waals surface area contributed by atoms with Crippen molar-refractivity contribution < 1.29 is 14.2 Å². The summed E-state index contributed by atoms with van der Waals surface area (Å²) in [4.78, 5) is 0. The van der Waals surface area contributed by atoms with E-state index in [-0.39, 0.29) is 18.2 Å². The van der Waals surface area contributed by atoms with Crippen LogP contribution >= 0.6 is 0 Å². The van der Waals surface area contributed by atoms with Crippen molar-refractivity contribution in [3.8, 4) is 5.75 Å². The van der Waals surface area contributed by atoms with Gasteiger partial charge in [0.25, 0.3) is 0 Å². The SMILES string of the molecule is COc1c(F)ccc(C)c1CCO. The first-order valence-electron chi connectivity index (χ1n) is 4.13. The Hall–Kier alpha value is -1.09. The van der Waals surface area contributed by atoms with Crippen LogP contribution in [0.4, 0.5) is 4.39 Å². The number of hydrogen-bond donors (Lipinski definition) is 1. The monoisotopic (exact) mass is 184 g/mol. The number of ether oxygens (including phenoxy) is 1. The number of rotatable bonds is 3. The number of benzene rings is 1. The van der Waals surface area contributed by atoms with Crippen molar-refractivity contribution in [3.05, 3.63) is 29.1 Å². The fraction of sp³-hybridized carbons (Fsp3) is 0.400. The summed E-state index contributed by atoms with van der Waals surface area (Å²) in [6.45, 7) is 1.87. The average Bonchev–Trinajstić information content (AvgIpc) is 2.12. The normalized spacial score (nSPS) is 10.2. The largest absolute Gasteiger partial charge is 0.493 e. The van der Waals surface area contributed by atoms with Gasteiger partial charge in [-0.25, -0.2) is 4.39 Å². The second-order valence-electron chi connectivity index (χ2n) is 2.85. The minimum atomic E-state index is -0.378. The quantitative estimate of drug-likeness (QED) is 0.774. The predicted octanol–water partition coefficient (Wildman–Crippen LogP) is 1.68. The smallest absolute Gasteiger partial charge is 0.165 e. The molecule has 1 aromatic carbocycles. The molecular formula is C10H13FO2. The average molecular weight is 184 g/mol. The van der Waals surface area contributed by atoms with E-state index in [2.05, 4.69) is 0 Å². The van der Waals surface area contributed by atoms with Crippen molar-refractivity contribution in [2.45, 2.75) is 13.3 Å². The minimum absolute atomic E-state index is 0.000648. The van der Waals surface area contributed by atoms with Crippen LogP contribution in [0.2, 0.25) is 0 Å². The van der Waals surface area contributed by atoms with Gasteiger partial charge in [-0.05, 0) is 25.0 Å². The Balaban J connectivity index is 3.18. The first-order valence-corrected chi connectivity index (χ1v) is 4.13. The molecule has 0 fully saturated rings. The van der Waals surface area contributed by atoms with Crippen LogP contribution in [0.15, 0.2) is 12.1 Å². The second-order valence-corrected chi connectivity index (χ2v) is 2.85. The van der Waals surface area contributed by atoms with Gasteiger partial charge in [-0.2, -0.15) is 0 Å². The maximum absolute atomic E-state index is 13.1. The van der Waals surface area contributed by atoms with E-state index in [1.165, 1.54) is 13.2 Å². The van der Waals surface area contributed by atoms with Crippen LogP contribution in [-0.2, 0) is 6.42 Å². The Labute approximate surface area is 77.0 Å². The highest BCUT2D eigenvalue weighted by Crippen LogP contribution is 2.25. The fourth-order valence-electron chi connectivity index (χ4n) is 1.34. The van der Waals surface area contributed by atoms with Crippen molar-refractivity contribution in [3.63, 3.8) is 0 Å². The molecule has 1 N–H and O–H groups in total. The minimum Gasteiger partial charge on any atom is -0.493 e. The van der Waals surface area contributed by atoms with Crippen molar-refractivity contribution in [2.75, 3.05) is 13.7 Å². The zero-order chi connectivity index (χ0) is 9.84. The number of aryl methyl sites for hydroxylation is 1. The van der Waals surface area contributed by atoms with Gasteiger partial charge >= 0.3 is 0 Å². The number of hydrogen-bond acceptors (Lipinski definition) is 2. The first-order chi connectivity index (χ1) is 6.20. The molecular weight excluding hydrogens is 171 g/mol. The van der Waals surface area contributed by atoms with E-state index in [0.29, 0.717) is 6.42 Å². The molecule has 13 heavy (non-hydrogen) atoms. The summed E-state index contributed by atoms with van der Waals surface area (Å²) < 4.78 is 18.1. The highest BCUT2D eigenvalue weighted by molar-refractivity contribution is 5.40. The molecule has 72 valence electrons. The van der Waals surface area contributed by atoms with Gasteiger partial charge < -0.3 is 9.84 Å². The lowest BCUT2D eigenvalue weighted by Crippen LogP contribution is -2.00. The van der Waals surface area contributed by atoms with E-state index < -0.39 is 0 Å². The lowest BCUT2D eigenvalue weighted by Gasteiger charge is -2.10. The fourth-order valence-corrected chi connectivity index (χ4v) is 1.34. The molecule has 0 aliphatic rings. The third-order valence-corrected chi connectivity index (χ3v) is 2.01. The molecule has 3 heteroatoms. The molecule has 0 unspecified atom stereocenters. The van der Waals surface area contributed by atoms with E-state index in [1.54, 1.807) is 6.07 Å². The van der Waals surface area contributed by atoms with E-state index in [4.69, 9.17) is 9.84 Å². The molecule has 0 aliphatic carbocycles. The van der Waals surface area contributed by atoms with Gasteiger partial charge in [0, 0.05) is 12.2 Å². The Bertz CT molecular complexity index is 297. The van der Waals surface area contributed by atoms with Gasteiger partial charge in [0.2, 0.25) is 0 Å². The van der Waals surface area contributed by atoms with Crippen LogP contribution in [0.3, 0.4) is 0 Å². The maximum atomic E-state index is 13.1. The number of aliphatic hydroxyl groups is 1. The predicted molar refractivity (Wildman–Crippen MR) is 48.5 cm³/mol. The van der Waals surface area contributed by atoms with Crippen LogP contribution in [0.25, 0.3) is 0 Å². The highest BCUT2D eigenvalue weighted by atomic mass is 19.1. The Morgan fingerprint density at radius 1 is 1.46 bits per heavy atom. The third-order valence-electron chi connectivity index (χ3n) is 2.01. The van der Waals surface area contributed by atoms with E-state index in [9.17, 15) is 4.39 Å². The summed E-state index contributed by atoms with van der Waals surface area (Å²) in [6, 6.07) is 3.05. The first kappa shape index (κ1) is 9.99. The zero-order valence-corrected chi connectivity index (χ0v) is 7.80. The van der Waals surface area contributed by atoms with Crippen LogP contribution in [0, 0.1) is 12.7 Å². The molecule has 0 radical (unpaired) electrons.